The SMILES string of the molecule is CN(C)c1nc(CN(Cc2ccccc2)C(CO)C2CC2)ns1. The average molecular weight is 332 g/mol. The molecule has 1 fully saturated rings. The fourth-order valence-electron chi connectivity index (χ4n) is 2.82. The van der Waals surface area contributed by atoms with E-state index in [1.165, 1.54) is 29.9 Å². The van der Waals surface area contributed by atoms with Crippen LogP contribution in [-0.2, 0) is 13.1 Å². The molecule has 0 radical (unpaired) electrons. The maximum atomic E-state index is 9.87. The Morgan fingerprint density at radius 1 is 1.22 bits per heavy atom. The highest BCUT2D eigenvalue weighted by Crippen LogP contribution is 2.36. The molecule has 124 valence electrons. The third-order valence-electron chi connectivity index (χ3n) is 4.24. The maximum absolute atomic E-state index is 9.87. The summed E-state index contributed by atoms with van der Waals surface area (Å²) in [5.41, 5.74) is 1.26. The van der Waals surface area contributed by atoms with Crippen molar-refractivity contribution in [3.63, 3.8) is 0 Å². The normalized spacial score (nSPS) is 15.8. The van der Waals surface area contributed by atoms with E-state index in [-0.39, 0.29) is 12.6 Å². The monoisotopic (exact) mass is 332 g/mol. The summed E-state index contributed by atoms with van der Waals surface area (Å²) in [6.45, 7) is 1.70. The first-order chi connectivity index (χ1) is 11.2. The Balaban J connectivity index is 1.76. The molecule has 0 saturated heterocycles. The van der Waals surface area contributed by atoms with Crippen molar-refractivity contribution >= 4 is 16.7 Å². The molecule has 0 amide bonds. The Bertz CT molecular complexity index is 612. The molecule has 0 spiro atoms. The zero-order chi connectivity index (χ0) is 16.2. The fourth-order valence-corrected chi connectivity index (χ4v) is 3.42. The highest BCUT2D eigenvalue weighted by molar-refractivity contribution is 7.09. The number of aromatic nitrogens is 2. The Morgan fingerprint density at radius 3 is 2.52 bits per heavy atom. The Hall–Kier alpha value is -1.50. The van der Waals surface area contributed by atoms with E-state index in [0.29, 0.717) is 12.5 Å². The molecule has 0 aliphatic heterocycles. The van der Waals surface area contributed by atoms with Gasteiger partial charge in [0.2, 0.25) is 5.13 Å². The van der Waals surface area contributed by atoms with Crippen LogP contribution in [0.25, 0.3) is 0 Å². The van der Waals surface area contributed by atoms with E-state index in [4.69, 9.17) is 0 Å². The summed E-state index contributed by atoms with van der Waals surface area (Å²) in [5, 5.41) is 10.8. The summed E-state index contributed by atoms with van der Waals surface area (Å²) in [4.78, 5) is 8.90. The van der Waals surface area contributed by atoms with Gasteiger partial charge in [0.1, 0.15) is 0 Å². The highest BCUT2D eigenvalue weighted by Gasteiger charge is 2.35. The molecule has 1 N–H and O–H groups in total. The fraction of sp³-hybridized carbons (Fsp3) is 0.529. The first kappa shape index (κ1) is 16.4. The topological polar surface area (TPSA) is 52.5 Å². The second kappa shape index (κ2) is 7.38. The number of anilines is 1. The van der Waals surface area contributed by atoms with Gasteiger partial charge in [-0.3, -0.25) is 4.90 Å². The second-order valence-electron chi connectivity index (χ2n) is 6.37. The van der Waals surface area contributed by atoms with E-state index >= 15 is 0 Å². The molecule has 1 aromatic carbocycles. The minimum Gasteiger partial charge on any atom is -0.395 e. The van der Waals surface area contributed by atoms with Gasteiger partial charge in [0.15, 0.2) is 5.82 Å². The zero-order valence-electron chi connectivity index (χ0n) is 13.7. The lowest BCUT2D eigenvalue weighted by Gasteiger charge is -2.29. The summed E-state index contributed by atoms with van der Waals surface area (Å²) >= 11 is 1.42. The summed E-state index contributed by atoms with van der Waals surface area (Å²) in [5.74, 6) is 1.45. The lowest BCUT2D eigenvalue weighted by molar-refractivity contribution is 0.0925. The first-order valence-corrected chi connectivity index (χ1v) is 8.83. The molecule has 1 aliphatic carbocycles. The van der Waals surface area contributed by atoms with Gasteiger partial charge in [-0.15, -0.1) is 0 Å². The third-order valence-corrected chi connectivity index (χ3v) is 5.16. The molecule has 5 nitrogen and oxygen atoms in total. The zero-order valence-corrected chi connectivity index (χ0v) is 14.5. The van der Waals surface area contributed by atoms with Crippen LogP contribution in [-0.4, -0.2) is 46.1 Å². The number of benzene rings is 1. The standard InChI is InChI=1S/C17H24N4OS/c1-20(2)17-18-16(19-23-17)11-21(15(12-22)14-8-9-14)10-13-6-4-3-5-7-13/h3-7,14-15,22H,8-12H2,1-2H3. The molecule has 1 atom stereocenters. The van der Waals surface area contributed by atoms with Gasteiger partial charge in [0.25, 0.3) is 0 Å². The van der Waals surface area contributed by atoms with E-state index in [1.807, 2.05) is 25.1 Å². The van der Waals surface area contributed by atoms with E-state index in [9.17, 15) is 5.11 Å². The molecule has 1 heterocycles. The van der Waals surface area contributed by atoms with Gasteiger partial charge in [0, 0.05) is 38.2 Å². The molecule has 6 heteroatoms. The van der Waals surface area contributed by atoms with Crippen LogP contribution in [0.4, 0.5) is 5.13 Å². The smallest absolute Gasteiger partial charge is 0.204 e. The van der Waals surface area contributed by atoms with Gasteiger partial charge in [-0.2, -0.15) is 4.37 Å². The maximum Gasteiger partial charge on any atom is 0.204 e. The van der Waals surface area contributed by atoms with E-state index in [0.717, 1.165) is 17.5 Å². The molecule has 1 aliphatic rings. The van der Waals surface area contributed by atoms with Crippen molar-refractivity contribution in [2.24, 2.45) is 5.92 Å². The first-order valence-electron chi connectivity index (χ1n) is 8.06. The molecule has 1 saturated carbocycles. The number of rotatable bonds is 8. The van der Waals surface area contributed by atoms with Crippen molar-refractivity contribution in [1.82, 2.24) is 14.3 Å². The quantitative estimate of drug-likeness (QED) is 0.804. The second-order valence-corrected chi connectivity index (χ2v) is 7.10. The number of hydrogen-bond donors (Lipinski definition) is 1. The van der Waals surface area contributed by atoms with Gasteiger partial charge in [0.05, 0.1) is 13.2 Å². The predicted octanol–water partition coefficient (Wildman–Crippen LogP) is 2.38. The molecular formula is C17H24N4OS. The van der Waals surface area contributed by atoms with Crippen molar-refractivity contribution in [3.8, 4) is 0 Å². The van der Waals surface area contributed by atoms with Crippen molar-refractivity contribution in [2.45, 2.75) is 32.0 Å². The Morgan fingerprint density at radius 2 is 1.96 bits per heavy atom. The van der Waals surface area contributed by atoms with Crippen molar-refractivity contribution in [3.05, 3.63) is 41.7 Å². The number of aliphatic hydroxyl groups excluding tert-OH is 1. The number of hydrogen-bond acceptors (Lipinski definition) is 6. The largest absolute Gasteiger partial charge is 0.395 e. The van der Waals surface area contributed by atoms with Crippen LogP contribution in [0.5, 0.6) is 0 Å². The number of nitrogens with zero attached hydrogens (tertiary/aromatic N) is 4. The molecular weight excluding hydrogens is 308 g/mol. The van der Waals surface area contributed by atoms with E-state index in [2.05, 4.69) is 38.5 Å². The molecule has 1 unspecified atom stereocenters. The minimum absolute atomic E-state index is 0.196. The highest BCUT2D eigenvalue weighted by atomic mass is 32.1. The Labute approximate surface area is 141 Å². The molecule has 3 rings (SSSR count). The van der Waals surface area contributed by atoms with Gasteiger partial charge in [-0.25, -0.2) is 4.98 Å². The van der Waals surface area contributed by atoms with Crippen molar-refractivity contribution in [2.75, 3.05) is 25.6 Å². The van der Waals surface area contributed by atoms with Crippen LogP contribution in [0.1, 0.15) is 24.2 Å². The molecule has 23 heavy (non-hydrogen) atoms. The third kappa shape index (κ3) is 4.28. The van der Waals surface area contributed by atoms with Crippen LogP contribution >= 0.6 is 11.5 Å². The van der Waals surface area contributed by atoms with Crippen molar-refractivity contribution < 1.29 is 5.11 Å². The molecule has 2 aromatic rings. The summed E-state index contributed by atoms with van der Waals surface area (Å²) in [6.07, 6.45) is 2.42. The van der Waals surface area contributed by atoms with Crippen molar-refractivity contribution in [1.29, 1.82) is 0 Å². The summed E-state index contributed by atoms with van der Waals surface area (Å²) in [6, 6.07) is 10.6. The van der Waals surface area contributed by atoms with Gasteiger partial charge < -0.3 is 10.0 Å². The van der Waals surface area contributed by atoms with Gasteiger partial charge in [-0.1, -0.05) is 30.3 Å². The van der Waals surface area contributed by atoms with Crippen LogP contribution in [0.15, 0.2) is 30.3 Å². The molecule has 0 bridgehead atoms. The van der Waals surface area contributed by atoms with Crippen LogP contribution in [0, 0.1) is 5.92 Å². The van der Waals surface area contributed by atoms with Crippen LogP contribution in [0.2, 0.25) is 0 Å². The van der Waals surface area contributed by atoms with Crippen LogP contribution in [0.3, 0.4) is 0 Å². The summed E-state index contributed by atoms with van der Waals surface area (Å²) < 4.78 is 4.48. The minimum atomic E-state index is 0.196. The van der Waals surface area contributed by atoms with E-state index in [1.54, 1.807) is 0 Å². The van der Waals surface area contributed by atoms with E-state index < -0.39 is 0 Å². The summed E-state index contributed by atoms with van der Waals surface area (Å²) in [7, 11) is 3.96. The Kier molecular flexibility index (Phi) is 5.25. The predicted molar refractivity (Wildman–Crippen MR) is 93.5 cm³/mol. The van der Waals surface area contributed by atoms with Crippen LogP contribution < -0.4 is 4.90 Å². The van der Waals surface area contributed by atoms with Gasteiger partial charge in [-0.05, 0) is 24.3 Å². The average Bonchev–Trinajstić information content (AvgIpc) is 3.26. The lowest BCUT2D eigenvalue weighted by atomic mass is 10.1. The number of aliphatic hydroxyl groups is 1. The lowest BCUT2D eigenvalue weighted by Crippen LogP contribution is -2.39. The van der Waals surface area contributed by atoms with Gasteiger partial charge >= 0.3 is 0 Å². The molecule has 1 aromatic heterocycles.